The van der Waals surface area contributed by atoms with Gasteiger partial charge in [0.2, 0.25) is 0 Å². The van der Waals surface area contributed by atoms with Crippen LogP contribution in [0.15, 0.2) is 29.8 Å². The number of hydrogen-bond acceptors (Lipinski definition) is 1. The lowest BCUT2D eigenvalue weighted by Gasteiger charge is -2.07. The molecular formula is C12H10ClFO. The molecule has 1 atom stereocenters. The number of halogens is 2. The van der Waals surface area contributed by atoms with Gasteiger partial charge in [-0.15, -0.1) is 0 Å². The first kappa shape index (κ1) is 10.4. The number of aldehydes is 1. The van der Waals surface area contributed by atoms with Gasteiger partial charge in [-0.25, -0.2) is 4.39 Å². The summed E-state index contributed by atoms with van der Waals surface area (Å²) in [6.07, 6.45) is 0.622. The molecule has 15 heavy (non-hydrogen) atoms. The average molecular weight is 225 g/mol. The van der Waals surface area contributed by atoms with E-state index in [1.54, 1.807) is 24.3 Å². The lowest BCUT2D eigenvalue weighted by Crippen LogP contribution is -2.05. The first-order valence-corrected chi connectivity index (χ1v) is 5.17. The number of benzene rings is 1. The van der Waals surface area contributed by atoms with Crippen molar-refractivity contribution in [3.8, 4) is 0 Å². The molecule has 1 fully saturated rings. The Hall–Kier alpha value is -1.15. The molecule has 0 amide bonds. The van der Waals surface area contributed by atoms with Crippen molar-refractivity contribution in [3.63, 3.8) is 0 Å². The van der Waals surface area contributed by atoms with E-state index in [1.165, 1.54) is 0 Å². The van der Waals surface area contributed by atoms with Crippen molar-refractivity contribution in [2.24, 2.45) is 0 Å². The van der Waals surface area contributed by atoms with Crippen LogP contribution in [0.2, 0.25) is 5.02 Å². The smallest absolute Gasteiger partial charge is 0.181 e. The van der Waals surface area contributed by atoms with E-state index in [4.69, 9.17) is 11.6 Å². The number of alkyl halides is 1. The minimum atomic E-state index is -1.51. The van der Waals surface area contributed by atoms with Crippen LogP contribution in [0.3, 0.4) is 0 Å². The van der Waals surface area contributed by atoms with E-state index in [2.05, 4.69) is 0 Å². The summed E-state index contributed by atoms with van der Waals surface area (Å²) in [5.74, 6) is 0. The quantitative estimate of drug-likeness (QED) is 0.719. The van der Waals surface area contributed by atoms with Gasteiger partial charge in [-0.05, 0) is 36.1 Å². The lowest BCUT2D eigenvalue weighted by atomic mass is 10.0. The molecule has 0 spiro atoms. The monoisotopic (exact) mass is 224 g/mol. The van der Waals surface area contributed by atoms with Gasteiger partial charge >= 0.3 is 0 Å². The van der Waals surface area contributed by atoms with Gasteiger partial charge < -0.3 is 0 Å². The second-order valence-corrected chi connectivity index (χ2v) is 4.00. The van der Waals surface area contributed by atoms with E-state index in [1.807, 2.05) is 0 Å². The molecule has 1 aliphatic rings. The van der Waals surface area contributed by atoms with Crippen molar-refractivity contribution < 1.29 is 9.18 Å². The zero-order valence-corrected chi connectivity index (χ0v) is 8.80. The van der Waals surface area contributed by atoms with Crippen LogP contribution in [0, 0.1) is 0 Å². The Labute approximate surface area is 92.6 Å². The molecule has 0 bridgehead atoms. The molecule has 1 aromatic rings. The molecule has 2 rings (SSSR count). The summed E-state index contributed by atoms with van der Waals surface area (Å²) < 4.78 is 13.4. The van der Waals surface area contributed by atoms with Crippen LogP contribution >= 0.6 is 11.6 Å². The third kappa shape index (κ3) is 2.26. The van der Waals surface area contributed by atoms with Crippen molar-refractivity contribution in [3.05, 3.63) is 40.4 Å². The molecule has 3 heteroatoms. The number of rotatable bonds is 3. The number of allylic oxidation sites excluding steroid dienone is 2. The Bertz CT molecular complexity index is 402. The first-order chi connectivity index (χ1) is 7.22. The summed E-state index contributed by atoms with van der Waals surface area (Å²) in [4.78, 5) is 10.5. The molecule has 1 unspecified atom stereocenters. The molecule has 0 saturated heterocycles. The minimum Gasteiger partial charge on any atom is -0.300 e. The third-order valence-corrected chi connectivity index (χ3v) is 2.68. The minimum absolute atomic E-state index is 0.343. The van der Waals surface area contributed by atoms with Crippen molar-refractivity contribution in [2.45, 2.75) is 19.0 Å². The molecule has 1 nitrogen and oxygen atoms in total. The van der Waals surface area contributed by atoms with Crippen molar-refractivity contribution >= 4 is 23.5 Å². The summed E-state index contributed by atoms with van der Waals surface area (Å²) in [5, 5.41) is 0.611. The van der Waals surface area contributed by atoms with Crippen LogP contribution in [0.1, 0.15) is 18.4 Å². The number of hydrogen-bond donors (Lipinski definition) is 0. The van der Waals surface area contributed by atoms with Crippen LogP contribution in [0.5, 0.6) is 0 Å². The maximum absolute atomic E-state index is 13.4. The van der Waals surface area contributed by atoms with Gasteiger partial charge in [-0.3, -0.25) is 4.79 Å². The highest BCUT2D eigenvalue weighted by atomic mass is 35.5. The largest absolute Gasteiger partial charge is 0.300 e. The zero-order chi connectivity index (χ0) is 10.8. The van der Waals surface area contributed by atoms with Crippen LogP contribution in [-0.2, 0) is 4.79 Å². The highest BCUT2D eigenvalue weighted by Crippen LogP contribution is 2.38. The molecule has 78 valence electrons. The van der Waals surface area contributed by atoms with E-state index >= 15 is 0 Å². The predicted octanol–water partition coefficient (Wildman–Crippen LogP) is 3.42. The third-order valence-electron chi connectivity index (χ3n) is 2.43. The Morgan fingerprint density at radius 1 is 1.33 bits per heavy atom. The summed E-state index contributed by atoms with van der Waals surface area (Å²) >= 11 is 5.75. The molecular weight excluding hydrogens is 215 g/mol. The molecule has 0 heterocycles. The van der Waals surface area contributed by atoms with Crippen molar-refractivity contribution in [1.29, 1.82) is 0 Å². The molecule has 1 aromatic carbocycles. The van der Waals surface area contributed by atoms with Crippen LogP contribution in [0.4, 0.5) is 4.39 Å². The molecule has 1 aliphatic carbocycles. The normalized spacial score (nSPS) is 16.0. The van der Waals surface area contributed by atoms with Crippen LogP contribution < -0.4 is 0 Å². The summed E-state index contributed by atoms with van der Waals surface area (Å²) in [5.41, 5.74) is 2.32. The highest BCUT2D eigenvalue weighted by Gasteiger charge is 2.24. The van der Waals surface area contributed by atoms with E-state index in [0.29, 0.717) is 16.9 Å². The van der Waals surface area contributed by atoms with E-state index < -0.39 is 6.17 Å². The molecule has 0 radical (unpaired) electrons. The van der Waals surface area contributed by atoms with E-state index in [0.717, 1.165) is 24.0 Å². The van der Waals surface area contributed by atoms with Crippen LogP contribution in [-0.4, -0.2) is 12.5 Å². The van der Waals surface area contributed by atoms with Gasteiger partial charge in [-0.1, -0.05) is 29.3 Å². The summed E-state index contributed by atoms with van der Waals surface area (Å²) in [6, 6.07) is 6.91. The zero-order valence-electron chi connectivity index (χ0n) is 8.04. The van der Waals surface area contributed by atoms with E-state index in [9.17, 15) is 9.18 Å². The fourth-order valence-electron chi connectivity index (χ4n) is 1.59. The van der Waals surface area contributed by atoms with Gasteiger partial charge in [0.25, 0.3) is 0 Å². The fraction of sp³-hybridized carbons (Fsp3) is 0.250. The lowest BCUT2D eigenvalue weighted by molar-refractivity contribution is -0.110. The molecule has 0 aliphatic heterocycles. The van der Waals surface area contributed by atoms with Crippen molar-refractivity contribution in [1.82, 2.24) is 0 Å². The Balaban J connectivity index is 2.38. The fourth-order valence-corrected chi connectivity index (χ4v) is 1.71. The highest BCUT2D eigenvalue weighted by molar-refractivity contribution is 6.30. The van der Waals surface area contributed by atoms with Crippen molar-refractivity contribution in [2.75, 3.05) is 0 Å². The first-order valence-electron chi connectivity index (χ1n) is 4.79. The summed E-state index contributed by atoms with van der Waals surface area (Å²) in [6.45, 7) is 0. The predicted molar refractivity (Wildman–Crippen MR) is 58.6 cm³/mol. The summed E-state index contributed by atoms with van der Waals surface area (Å²) in [7, 11) is 0. The van der Waals surface area contributed by atoms with Gasteiger partial charge in [0, 0.05) is 5.02 Å². The average Bonchev–Trinajstić information content (AvgIpc) is 3.05. The standard InChI is InChI=1S/C12H10ClFO/c13-10-5-3-9(4-6-10)12(8-1-2-8)11(14)7-15/h3-7,11H,1-2H2. The molecule has 0 N–H and O–H groups in total. The van der Waals surface area contributed by atoms with Gasteiger partial charge in [0.05, 0.1) is 0 Å². The maximum atomic E-state index is 13.4. The Kier molecular flexibility index (Phi) is 2.87. The maximum Gasteiger partial charge on any atom is 0.181 e. The second-order valence-electron chi connectivity index (χ2n) is 3.56. The van der Waals surface area contributed by atoms with Gasteiger partial charge in [0.15, 0.2) is 12.5 Å². The SMILES string of the molecule is O=CC(F)C(=C1CC1)c1ccc(Cl)cc1. The number of carbonyl (C=O) groups excluding carboxylic acids is 1. The molecule has 0 aromatic heterocycles. The van der Waals surface area contributed by atoms with Crippen LogP contribution in [0.25, 0.3) is 5.57 Å². The van der Waals surface area contributed by atoms with Gasteiger partial charge in [-0.2, -0.15) is 0 Å². The molecule has 1 saturated carbocycles. The second kappa shape index (κ2) is 4.15. The Morgan fingerprint density at radius 2 is 1.93 bits per heavy atom. The van der Waals surface area contributed by atoms with Gasteiger partial charge in [0.1, 0.15) is 0 Å². The number of carbonyl (C=O) groups is 1. The van der Waals surface area contributed by atoms with E-state index in [-0.39, 0.29) is 0 Å². The topological polar surface area (TPSA) is 17.1 Å². The Morgan fingerprint density at radius 3 is 2.40 bits per heavy atom.